The molecule has 7 nitrogen and oxygen atoms in total. The van der Waals surface area contributed by atoms with Gasteiger partial charge in [-0.3, -0.25) is 10.1 Å². The first-order chi connectivity index (χ1) is 13.9. The summed E-state index contributed by atoms with van der Waals surface area (Å²) in [6.45, 7) is 3.24. The number of benzene rings is 1. The van der Waals surface area contributed by atoms with E-state index in [1.165, 1.54) is 0 Å². The smallest absolute Gasteiger partial charge is 0.236 e. The molecule has 0 saturated carbocycles. The molecule has 2 aromatic rings. The van der Waals surface area contributed by atoms with E-state index in [0.717, 1.165) is 29.6 Å². The van der Waals surface area contributed by atoms with Crippen LogP contribution in [0.15, 0.2) is 34.7 Å². The molecule has 1 amide bonds. The SMILES string of the molecule is CC(NCC(=O)N(CC1CCCO1)C1CCS(=O)(=O)C1)c1cc2ccccc2o1. The molecule has 8 heteroatoms. The number of rotatable bonds is 7. The summed E-state index contributed by atoms with van der Waals surface area (Å²) >= 11 is 0. The first-order valence-corrected chi connectivity index (χ1v) is 12.1. The molecule has 0 radical (unpaired) electrons. The fourth-order valence-electron chi connectivity index (χ4n) is 4.14. The number of hydrogen-bond acceptors (Lipinski definition) is 6. The molecule has 4 rings (SSSR count). The fourth-order valence-corrected chi connectivity index (χ4v) is 5.87. The van der Waals surface area contributed by atoms with Gasteiger partial charge in [0.15, 0.2) is 9.84 Å². The Morgan fingerprint density at radius 3 is 2.83 bits per heavy atom. The Balaban J connectivity index is 1.41. The predicted molar refractivity (Wildman–Crippen MR) is 110 cm³/mol. The third-order valence-electron chi connectivity index (χ3n) is 5.82. The second-order valence-electron chi connectivity index (χ2n) is 8.03. The van der Waals surface area contributed by atoms with Gasteiger partial charge >= 0.3 is 0 Å². The number of nitrogens with one attached hydrogen (secondary N) is 1. The standard InChI is InChI=1S/C21H28N2O5S/c1-15(20-11-16-5-2-3-7-19(16)28-20)22-12-21(24)23(13-18-6-4-9-27-18)17-8-10-29(25,26)14-17/h2-3,5,7,11,15,17-18,22H,4,6,8-10,12-14H2,1H3. The topological polar surface area (TPSA) is 88.9 Å². The molecule has 2 aliphatic rings. The highest BCUT2D eigenvalue weighted by atomic mass is 32.2. The minimum atomic E-state index is -3.07. The number of carbonyl (C=O) groups excluding carboxylic acids is 1. The maximum absolute atomic E-state index is 13.0. The zero-order valence-corrected chi connectivity index (χ0v) is 17.5. The van der Waals surface area contributed by atoms with Crippen LogP contribution in [0.25, 0.3) is 11.0 Å². The van der Waals surface area contributed by atoms with Crippen LogP contribution in [0.2, 0.25) is 0 Å². The molecule has 29 heavy (non-hydrogen) atoms. The largest absolute Gasteiger partial charge is 0.459 e. The molecule has 3 atom stereocenters. The normalized spacial score (nSPS) is 24.7. The van der Waals surface area contributed by atoms with Crippen LogP contribution in [0.5, 0.6) is 0 Å². The van der Waals surface area contributed by atoms with Gasteiger partial charge in [0.05, 0.1) is 30.2 Å². The average molecular weight is 421 g/mol. The second-order valence-corrected chi connectivity index (χ2v) is 10.3. The zero-order valence-electron chi connectivity index (χ0n) is 16.7. The monoisotopic (exact) mass is 420 g/mol. The number of fused-ring (bicyclic) bond motifs is 1. The van der Waals surface area contributed by atoms with Gasteiger partial charge in [-0.15, -0.1) is 0 Å². The van der Waals surface area contributed by atoms with Crippen molar-refractivity contribution in [1.82, 2.24) is 10.2 Å². The molecule has 2 aliphatic heterocycles. The number of hydrogen-bond donors (Lipinski definition) is 1. The van der Waals surface area contributed by atoms with Gasteiger partial charge in [0.2, 0.25) is 5.91 Å². The summed E-state index contributed by atoms with van der Waals surface area (Å²) in [6, 6.07) is 9.37. The Kier molecular flexibility index (Phi) is 5.94. The number of furan rings is 1. The first-order valence-electron chi connectivity index (χ1n) is 10.2. The van der Waals surface area contributed by atoms with Crippen LogP contribution in [0.4, 0.5) is 0 Å². The minimum absolute atomic E-state index is 0.00458. The van der Waals surface area contributed by atoms with Crippen LogP contribution in [-0.4, -0.2) is 62.6 Å². The summed E-state index contributed by atoms with van der Waals surface area (Å²) in [5.41, 5.74) is 0.818. The van der Waals surface area contributed by atoms with Gasteiger partial charge in [0.1, 0.15) is 11.3 Å². The van der Waals surface area contributed by atoms with Gasteiger partial charge in [-0.25, -0.2) is 8.42 Å². The quantitative estimate of drug-likeness (QED) is 0.739. The highest BCUT2D eigenvalue weighted by Crippen LogP contribution is 2.24. The predicted octanol–water partition coefficient (Wildman–Crippen LogP) is 2.28. The van der Waals surface area contributed by atoms with Crippen molar-refractivity contribution in [3.8, 4) is 0 Å². The van der Waals surface area contributed by atoms with E-state index in [2.05, 4.69) is 5.32 Å². The summed E-state index contributed by atoms with van der Waals surface area (Å²) < 4.78 is 35.5. The maximum atomic E-state index is 13.0. The van der Waals surface area contributed by atoms with E-state index in [1.54, 1.807) is 4.90 Å². The van der Waals surface area contributed by atoms with E-state index in [-0.39, 0.29) is 42.1 Å². The van der Waals surface area contributed by atoms with Crippen LogP contribution in [-0.2, 0) is 19.4 Å². The summed E-state index contributed by atoms with van der Waals surface area (Å²) in [5.74, 6) is 0.874. The minimum Gasteiger partial charge on any atom is -0.459 e. The molecule has 0 bridgehead atoms. The molecule has 2 saturated heterocycles. The van der Waals surface area contributed by atoms with Gasteiger partial charge < -0.3 is 14.1 Å². The van der Waals surface area contributed by atoms with Crippen LogP contribution >= 0.6 is 0 Å². The summed E-state index contributed by atoms with van der Waals surface area (Å²) in [7, 11) is -3.07. The van der Waals surface area contributed by atoms with Crippen molar-refractivity contribution in [2.45, 2.75) is 44.4 Å². The Hall–Kier alpha value is -1.90. The third-order valence-corrected chi connectivity index (χ3v) is 7.58. The zero-order chi connectivity index (χ0) is 20.4. The van der Waals surface area contributed by atoms with Gasteiger partial charge in [-0.05, 0) is 38.3 Å². The molecule has 2 fully saturated rings. The average Bonchev–Trinajstić information content (AvgIpc) is 3.43. The molecule has 0 aliphatic carbocycles. The van der Waals surface area contributed by atoms with Crippen LogP contribution < -0.4 is 5.32 Å². The van der Waals surface area contributed by atoms with Crippen molar-refractivity contribution < 1.29 is 22.4 Å². The van der Waals surface area contributed by atoms with Crippen LogP contribution in [0.1, 0.15) is 38.0 Å². The van der Waals surface area contributed by atoms with Crippen molar-refractivity contribution in [3.05, 3.63) is 36.1 Å². The lowest BCUT2D eigenvalue weighted by Crippen LogP contribution is -2.48. The van der Waals surface area contributed by atoms with Crippen molar-refractivity contribution >= 4 is 26.7 Å². The van der Waals surface area contributed by atoms with Crippen LogP contribution in [0, 0.1) is 0 Å². The van der Waals surface area contributed by atoms with E-state index in [0.29, 0.717) is 19.6 Å². The summed E-state index contributed by atoms with van der Waals surface area (Å²) in [6.07, 6.45) is 2.39. The number of ether oxygens (including phenoxy) is 1. The molecule has 158 valence electrons. The fraction of sp³-hybridized carbons (Fsp3) is 0.571. The lowest BCUT2D eigenvalue weighted by Gasteiger charge is -2.31. The lowest BCUT2D eigenvalue weighted by atomic mass is 10.1. The van der Waals surface area contributed by atoms with Gasteiger partial charge in [-0.2, -0.15) is 0 Å². The van der Waals surface area contributed by atoms with Crippen molar-refractivity contribution in [2.24, 2.45) is 0 Å². The Bertz CT molecular complexity index is 931. The van der Waals surface area contributed by atoms with E-state index in [4.69, 9.17) is 9.15 Å². The van der Waals surface area contributed by atoms with Gasteiger partial charge in [0.25, 0.3) is 0 Å². The number of amides is 1. The molecule has 3 heterocycles. The first kappa shape index (κ1) is 20.4. The molecule has 0 spiro atoms. The van der Waals surface area contributed by atoms with Crippen LogP contribution in [0.3, 0.4) is 0 Å². The molecule has 1 aromatic heterocycles. The van der Waals surface area contributed by atoms with Crippen molar-refractivity contribution in [1.29, 1.82) is 0 Å². The Morgan fingerprint density at radius 2 is 2.14 bits per heavy atom. The lowest BCUT2D eigenvalue weighted by molar-refractivity contribution is -0.134. The molecule has 1 N–H and O–H groups in total. The number of sulfone groups is 1. The van der Waals surface area contributed by atoms with Gasteiger partial charge in [0, 0.05) is 24.6 Å². The maximum Gasteiger partial charge on any atom is 0.236 e. The number of carbonyl (C=O) groups is 1. The molecular weight excluding hydrogens is 392 g/mol. The van der Waals surface area contributed by atoms with Crippen molar-refractivity contribution in [3.63, 3.8) is 0 Å². The van der Waals surface area contributed by atoms with E-state index < -0.39 is 9.84 Å². The van der Waals surface area contributed by atoms with E-state index in [9.17, 15) is 13.2 Å². The number of para-hydroxylation sites is 1. The van der Waals surface area contributed by atoms with E-state index in [1.807, 2.05) is 37.3 Å². The Labute approximate surface area is 171 Å². The highest BCUT2D eigenvalue weighted by Gasteiger charge is 2.36. The van der Waals surface area contributed by atoms with E-state index >= 15 is 0 Å². The highest BCUT2D eigenvalue weighted by molar-refractivity contribution is 7.91. The Morgan fingerprint density at radius 1 is 1.31 bits per heavy atom. The van der Waals surface area contributed by atoms with Crippen molar-refractivity contribution in [2.75, 3.05) is 31.2 Å². The van der Waals surface area contributed by atoms with Gasteiger partial charge in [-0.1, -0.05) is 18.2 Å². The third kappa shape index (κ3) is 4.82. The number of nitrogens with zero attached hydrogens (tertiary/aromatic N) is 1. The second kappa shape index (κ2) is 8.45. The summed E-state index contributed by atoms with van der Waals surface area (Å²) in [5, 5.41) is 4.26. The molecule has 1 aromatic carbocycles. The summed E-state index contributed by atoms with van der Waals surface area (Å²) in [4.78, 5) is 14.7. The molecular formula is C21H28N2O5S. The molecule has 3 unspecified atom stereocenters.